The number of rotatable bonds is 13. The van der Waals surface area contributed by atoms with Crippen molar-refractivity contribution in [3.8, 4) is 0 Å². The highest BCUT2D eigenvalue weighted by molar-refractivity contribution is 9.10. The quantitative estimate of drug-likeness (QED) is 0.201. The van der Waals surface area contributed by atoms with E-state index in [0.29, 0.717) is 35.3 Å². The van der Waals surface area contributed by atoms with Crippen LogP contribution >= 0.6 is 50.9 Å². The van der Waals surface area contributed by atoms with Crippen molar-refractivity contribution in [2.24, 2.45) is 0 Å². The molecule has 1 unspecified atom stereocenters. The number of halogens is 3. The molecule has 3 aromatic rings. The van der Waals surface area contributed by atoms with Gasteiger partial charge in [0.1, 0.15) is 6.04 Å². The van der Waals surface area contributed by atoms with Gasteiger partial charge < -0.3 is 10.2 Å². The predicted molar refractivity (Wildman–Crippen MR) is 159 cm³/mol. The van der Waals surface area contributed by atoms with Crippen molar-refractivity contribution in [1.29, 1.82) is 0 Å². The van der Waals surface area contributed by atoms with Crippen LogP contribution in [0.5, 0.6) is 0 Å². The van der Waals surface area contributed by atoms with Crippen molar-refractivity contribution in [2.45, 2.75) is 44.5 Å². The molecule has 0 saturated heterocycles. The number of carbonyl (C=O) groups is 2. The fourth-order valence-electron chi connectivity index (χ4n) is 3.82. The van der Waals surface area contributed by atoms with Gasteiger partial charge >= 0.3 is 0 Å². The first-order valence-corrected chi connectivity index (χ1v) is 14.9. The van der Waals surface area contributed by atoms with Crippen molar-refractivity contribution in [2.75, 3.05) is 12.3 Å². The van der Waals surface area contributed by atoms with Gasteiger partial charge in [-0.25, -0.2) is 0 Å². The van der Waals surface area contributed by atoms with E-state index in [-0.39, 0.29) is 17.6 Å². The maximum Gasteiger partial charge on any atom is 0.243 e. The number of nitrogens with one attached hydrogen (secondary N) is 1. The summed E-state index contributed by atoms with van der Waals surface area (Å²) in [6.07, 6.45) is 2.31. The third kappa shape index (κ3) is 9.68. The Morgan fingerprint density at radius 2 is 1.73 bits per heavy atom. The number of carbonyl (C=O) groups excluding carboxylic acids is 2. The van der Waals surface area contributed by atoms with Crippen molar-refractivity contribution in [3.63, 3.8) is 0 Å². The van der Waals surface area contributed by atoms with E-state index >= 15 is 0 Å². The molecule has 3 aromatic carbocycles. The molecule has 2 amide bonds. The van der Waals surface area contributed by atoms with Gasteiger partial charge in [-0.3, -0.25) is 9.59 Å². The molecule has 8 heteroatoms. The second kappa shape index (κ2) is 15.4. The second-order valence-electron chi connectivity index (χ2n) is 8.73. The van der Waals surface area contributed by atoms with Crippen LogP contribution in [0.2, 0.25) is 10.0 Å². The van der Waals surface area contributed by atoms with E-state index in [9.17, 15) is 9.59 Å². The third-order valence-corrected chi connectivity index (χ3v) is 7.95. The molecule has 1 N–H and O–H groups in total. The number of hydrogen-bond acceptors (Lipinski definition) is 3. The smallest absolute Gasteiger partial charge is 0.243 e. The van der Waals surface area contributed by atoms with Gasteiger partial charge in [0.05, 0.1) is 5.75 Å². The maximum atomic E-state index is 13.7. The Labute approximate surface area is 242 Å². The number of amides is 2. The Hall–Kier alpha value is -1.99. The highest BCUT2D eigenvalue weighted by atomic mass is 79.9. The van der Waals surface area contributed by atoms with E-state index < -0.39 is 6.04 Å². The normalized spacial score (nSPS) is 11.7. The molecule has 0 aliphatic heterocycles. The van der Waals surface area contributed by atoms with Crippen molar-refractivity contribution < 1.29 is 9.59 Å². The lowest BCUT2D eigenvalue weighted by Crippen LogP contribution is -2.51. The van der Waals surface area contributed by atoms with E-state index in [1.807, 2.05) is 60.7 Å². The molecule has 0 heterocycles. The van der Waals surface area contributed by atoms with Crippen LogP contribution in [0.15, 0.2) is 77.3 Å². The summed E-state index contributed by atoms with van der Waals surface area (Å²) in [7, 11) is 0. The van der Waals surface area contributed by atoms with Crippen LogP contribution in [0.1, 0.15) is 36.5 Å². The Balaban J connectivity index is 1.83. The molecule has 4 nitrogen and oxygen atoms in total. The lowest BCUT2D eigenvalue weighted by Gasteiger charge is -2.31. The molecule has 0 fully saturated rings. The van der Waals surface area contributed by atoms with Crippen LogP contribution in [0.25, 0.3) is 0 Å². The zero-order chi connectivity index (χ0) is 26.6. The molecule has 0 aliphatic carbocycles. The second-order valence-corrected chi connectivity index (χ2v) is 11.5. The molecule has 0 radical (unpaired) electrons. The Bertz CT molecular complexity index is 1160. The molecule has 1 atom stereocenters. The number of hydrogen-bond donors (Lipinski definition) is 1. The minimum absolute atomic E-state index is 0.0930. The van der Waals surface area contributed by atoms with Crippen LogP contribution in [0, 0.1) is 0 Å². The molecule has 37 heavy (non-hydrogen) atoms. The summed E-state index contributed by atoms with van der Waals surface area (Å²) < 4.78 is 0.961. The molecular weight excluding hydrogens is 591 g/mol. The lowest BCUT2D eigenvalue weighted by molar-refractivity contribution is -0.139. The highest BCUT2D eigenvalue weighted by Gasteiger charge is 2.30. The van der Waals surface area contributed by atoms with Gasteiger partial charge in [0.15, 0.2) is 0 Å². The fourth-order valence-corrected chi connectivity index (χ4v) is 5.55. The van der Waals surface area contributed by atoms with Gasteiger partial charge in [0.25, 0.3) is 0 Å². The van der Waals surface area contributed by atoms with Crippen LogP contribution in [0.3, 0.4) is 0 Å². The van der Waals surface area contributed by atoms with Gasteiger partial charge in [-0.1, -0.05) is 101 Å². The molecular formula is C29H31BrCl2N2O2S. The van der Waals surface area contributed by atoms with Gasteiger partial charge in [0.2, 0.25) is 11.8 Å². The zero-order valence-electron chi connectivity index (χ0n) is 20.8. The largest absolute Gasteiger partial charge is 0.354 e. The molecule has 196 valence electrons. The van der Waals surface area contributed by atoms with E-state index in [4.69, 9.17) is 23.2 Å². The summed E-state index contributed by atoms with van der Waals surface area (Å²) in [5.41, 5.74) is 2.88. The van der Waals surface area contributed by atoms with Crippen LogP contribution in [-0.2, 0) is 28.3 Å². The zero-order valence-corrected chi connectivity index (χ0v) is 24.7. The Kier molecular flexibility index (Phi) is 12.3. The van der Waals surface area contributed by atoms with Gasteiger partial charge in [0, 0.05) is 39.8 Å². The number of unbranched alkanes of at least 4 members (excludes halogenated alkanes) is 1. The topological polar surface area (TPSA) is 49.4 Å². The minimum atomic E-state index is -0.630. The number of nitrogens with zero attached hydrogens (tertiary/aromatic N) is 1. The van der Waals surface area contributed by atoms with Crippen molar-refractivity contribution in [3.05, 3.63) is 104 Å². The summed E-state index contributed by atoms with van der Waals surface area (Å²) in [6.45, 7) is 3.01. The SMILES string of the molecule is CCCCNC(=O)C(Cc1ccccc1)N(Cc1ccc(Br)cc1)C(=O)CSCc1ccc(Cl)cc1Cl. The summed E-state index contributed by atoms with van der Waals surface area (Å²) in [5.74, 6) is 0.571. The molecule has 0 aliphatic rings. The van der Waals surface area contributed by atoms with Gasteiger partial charge in [-0.15, -0.1) is 11.8 Å². The summed E-state index contributed by atoms with van der Waals surface area (Å²) >= 11 is 17.3. The summed E-state index contributed by atoms with van der Waals surface area (Å²) in [6, 6.07) is 22.4. The average molecular weight is 622 g/mol. The standard InChI is InChI=1S/C29H31BrCl2N2O2S/c1-2-3-15-33-29(36)27(16-21-7-5-4-6-8-21)34(18-22-9-12-24(30)13-10-22)28(35)20-37-19-23-11-14-25(31)17-26(23)32/h4-14,17,27H,2-3,15-16,18-20H2,1H3,(H,33,36). The van der Waals surface area contributed by atoms with Crippen LogP contribution < -0.4 is 5.32 Å². The first kappa shape index (κ1) is 29.6. The monoisotopic (exact) mass is 620 g/mol. The predicted octanol–water partition coefficient (Wildman–Crippen LogP) is 7.55. The van der Waals surface area contributed by atoms with Gasteiger partial charge in [-0.05, 0) is 47.4 Å². The lowest BCUT2D eigenvalue weighted by atomic mass is 10.0. The highest BCUT2D eigenvalue weighted by Crippen LogP contribution is 2.25. The molecule has 0 spiro atoms. The van der Waals surface area contributed by atoms with E-state index in [2.05, 4.69) is 28.2 Å². The summed E-state index contributed by atoms with van der Waals surface area (Å²) in [4.78, 5) is 28.8. The van der Waals surface area contributed by atoms with Crippen LogP contribution in [0.4, 0.5) is 0 Å². The van der Waals surface area contributed by atoms with Crippen molar-refractivity contribution in [1.82, 2.24) is 10.2 Å². The Morgan fingerprint density at radius 1 is 1.00 bits per heavy atom. The average Bonchev–Trinajstić information content (AvgIpc) is 2.89. The number of thioether (sulfide) groups is 1. The molecule has 0 saturated carbocycles. The van der Waals surface area contributed by atoms with E-state index in [1.54, 1.807) is 17.0 Å². The fraction of sp³-hybridized carbons (Fsp3) is 0.310. The van der Waals surface area contributed by atoms with E-state index in [1.165, 1.54) is 11.8 Å². The maximum absolute atomic E-state index is 13.7. The van der Waals surface area contributed by atoms with Crippen molar-refractivity contribution >= 4 is 62.7 Å². The first-order valence-electron chi connectivity index (χ1n) is 12.2. The van der Waals surface area contributed by atoms with Gasteiger partial charge in [-0.2, -0.15) is 0 Å². The first-order chi connectivity index (χ1) is 17.9. The van der Waals surface area contributed by atoms with E-state index in [0.717, 1.165) is 34.0 Å². The van der Waals surface area contributed by atoms with Crippen LogP contribution in [-0.4, -0.2) is 35.1 Å². The minimum Gasteiger partial charge on any atom is -0.354 e. The third-order valence-electron chi connectivity index (χ3n) is 5.87. The Morgan fingerprint density at radius 3 is 2.41 bits per heavy atom. The molecule has 0 aromatic heterocycles. The number of benzene rings is 3. The molecule has 3 rings (SSSR count). The summed E-state index contributed by atoms with van der Waals surface area (Å²) in [5, 5.41) is 4.21. The molecule has 0 bridgehead atoms.